The number of carbonyl (C=O) groups excluding carboxylic acids is 1. The first-order chi connectivity index (χ1) is 21.4. The van der Waals surface area contributed by atoms with Crippen LogP contribution in [0.4, 0.5) is 22.1 Å². The number of aromatic nitrogens is 4. The van der Waals surface area contributed by atoms with Crippen LogP contribution in [0, 0.1) is 10.1 Å². The van der Waals surface area contributed by atoms with Crippen molar-refractivity contribution in [2.24, 2.45) is 0 Å². The van der Waals surface area contributed by atoms with Gasteiger partial charge in [0, 0.05) is 12.3 Å². The van der Waals surface area contributed by atoms with Crippen LogP contribution in [-0.4, -0.2) is 52.9 Å². The summed E-state index contributed by atoms with van der Waals surface area (Å²) in [5, 5.41) is 12.2. The average Bonchev–Trinajstić information content (AvgIpc) is 3.36. The van der Waals surface area contributed by atoms with Crippen molar-refractivity contribution in [1.29, 1.82) is 0 Å². The SMILES string of the molecule is COc1cc(OC)nc(NC(=O)NS(=O)(=O)c2c(Cl)nc3ccccn23)n1.Nc1c([N+](=O)[O-])ccc(Oc2ccccc2)c1Cl. The largest absolute Gasteiger partial charge is 0.481 e. The van der Waals surface area contributed by atoms with Gasteiger partial charge < -0.3 is 19.9 Å². The van der Waals surface area contributed by atoms with Gasteiger partial charge in [0.1, 0.15) is 27.9 Å². The van der Waals surface area contributed by atoms with E-state index < -0.39 is 21.0 Å². The Bertz CT molecular complexity index is 1950. The Morgan fingerprint density at radius 2 is 1.62 bits per heavy atom. The van der Waals surface area contributed by atoms with Crippen LogP contribution in [0.2, 0.25) is 10.2 Å². The number of hydrogen-bond acceptors (Lipinski definition) is 12. The van der Waals surface area contributed by atoms with Crippen LogP contribution >= 0.6 is 23.2 Å². The van der Waals surface area contributed by atoms with E-state index in [1.807, 2.05) is 10.8 Å². The number of para-hydroxylation sites is 1. The number of nitro benzene ring substituents is 1. The summed E-state index contributed by atoms with van der Waals surface area (Å²) >= 11 is 11.9. The van der Waals surface area contributed by atoms with Gasteiger partial charge in [0.2, 0.25) is 17.7 Å². The third-order valence-corrected chi connectivity index (χ3v) is 7.66. The number of amides is 2. The molecule has 3 aromatic heterocycles. The molecule has 0 unspecified atom stereocenters. The van der Waals surface area contributed by atoms with Crippen molar-refractivity contribution in [2.75, 3.05) is 25.3 Å². The lowest BCUT2D eigenvalue weighted by Gasteiger charge is -2.09. The highest BCUT2D eigenvalue weighted by molar-refractivity contribution is 7.90. The Kier molecular flexibility index (Phi) is 10.1. The molecule has 2 aromatic carbocycles. The zero-order valence-corrected chi connectivity index (χ0v) is 25.5. The molecule has 0 atom stereocenters. The highest BCUT2D eigenvalue weighted by Crippen LogP contribution is 2.38. The highest BCUT2D eigenvalue weighted by Gasteiger charge is 2.27. The van der Waals surface area contributed by atoms with Crippen molar-refractivity contribution in [3.63, 3.8) is 0 Å². The molecular formula is C26H22Cl2N8O8S. The maximum absolute atomic E-state index is 12.6. The van der Waals surface area contributed by atoms with Gasteiger partial charge in [-0.15, -0.1) is 0 Å². The van der Waals surface area contributed by atoms with Gasteiger partial charge in [-0.1, -0.05) is 47.5 Å². The van der Waals surface area contributed by atoms with Gasteiger partial charge in [0.05, 0.1) is 25.2 Å². The molecule has 0 aliphatic heterocycles. The first kappa shape index (κ1) is 32.5. The quantitative estimate of drug-likeness (QED) is 0.113. The Balaban J connectivity index is 0.000000222. The third-order valence-electron chi connectivity index (χ3n) is 5.54. The lowest BCUT2D eigenvalue weighted by Crippen LogP contribution is -2.35. The number of pyridine rings is 1. The van der Waals surface area contributed by atoms with Crippen LogP contribution in [-0.2, 0) is 10.0 Å². The minimum absolute atomic E-state index is 0.0352. The van der Waals surface area contributed by atoms with E-state index in [9.17, 15) is 23.3 Å². The van der Waals surface area contributed by atoms with Crippen LogP contribution < -0.4 is 30.0 Å². The maximum atomic E-state index is 12.6. The van der Waals surface area contributed by atoms with Crippen molar-refractivity contribution in [1.82, 2.24) is 24.1 Å². The summed E-state index contributed by atoms with van der Waals surface area (Å²) in [6.45, 7) is 0. The summed E-state index contributed by atoms with van der Waals surface area (Å²) in [5.41, 5.74) is 5.56. The summed E-state index contributed by atoms with van der Waals surface area (Å²) in [6.07, 6.45) is 1.46. The fourth-order valence-corrected chi connectivity index (χ4v) is 5.32. The highest BCUT2D eigenvalue weighted by atomic mass is 35.5. The Labute approximate surface area is 264 Å². The standard InChI is InChI=1S/C14H13ClN6O5S.C12H9ClN2O3/c1-25-9-7-10(26-2)18-13(17-9)19-14(22)20-27(23,24)12-11(15)16-8-5-3-4-6-21(8)12;13-11-10(18-8-4-2-1-3-5-8)7-6-9(12(11)14)15(16)17/h3-7H,1-2H3,(H2,17,18,19,20,22);1-7H,14H2. The van der Waals surface area contributed by atoms with Gasteiger partial charge in [-0.25, -0.2) is 14.5 Å². The molecular weight excluding hydrogens is 655 g/mol. The molecule has 2 amide bonds. The lowest BCUT2D eigenvalue weighted by molar-refractivity contribution is -0.383. The smallest absolute Gasteiger partial charge is 0.335 e. The van der Waals surface area contributed by atoms with Crippen molar-refractivity contribution < 1.29 is 32.3 Å². The number of halogens is 2. The lowest BCUT2D eigenvalue weighted by atomic mass is 10.2. The van der Waals surface area contributed by atoms with Gasteiger partial charge in [0.15, 0.2) is 10.2 Å². The fraction of sp³-hybridized carbons (Fsp3) is 0.0769. The zero-order valence-electron chi connectivity index (χ0n) is 23.2. The normalized spacial score (nSPS) is 10.8. The molecule has 16 nitrogen and oxygen atoms in total. The van der Waals surface area contributed by atoms with Gasteiger partial charge in [-0.2, -0.15) is 18.4 Å². The Hall–Kier alpha value is -5.39. The molecule has 0 spiro atoms. The number of imidazole rings is 1. The molecule has 0 aliphatic carbocycles. The van der Waals surface area contributed by atoms with E-state index in [0.717, 1.165) is 0 Å². The second-order valence-corrected chi connectivity index (χ2v) is 10.8. The van der Waals surface area contributed by atoms with Gasteiger partial charge in [-0.3, -0.25) is 19.8 Å². The molecule has 4 N–H and O–H groups in total. The first-order valence-electron chi connectivity index (χ1n) is 12.3. The number of nitro groups is 1. The van der Waals surface area contributed by atoms with Crippen LogP contribution in [0.1, 0.15) is 0 Å². The first-order valence-corrected chi connectivity index (χ1v) is 14.6. The Morgan fingerprint density at radius 3 is 2.24 bits per heavy atom. The molecule has 0 aliphatic rings. The maximum Gasteiger partial charge on any atom is 0.335 e. The number of fused-ring (bicyclic) bond motifs is 1. The predicted molar refractivity (Wildman–Crippen MR) is 164 cm³/mol. The van der Waals surface area contributed by atoms with E-state index in [-0.39, 0.29) is 50.0 Å². The number of anilines is 2. The van der Waals surface area contributed by atoms with E-state index in [1.165, 1.54) is 43.0 Å². The second-order valence-electron chi connectivity index (χ2n) is 8.46. The summed E-state index contributed by atoms with van der Waals surface area (Å²) in [7, 11) is -1.61. The van der Waals surface area contributed by atoms with Crippen molar-refractivity contribution in [3.05, 3.63) is 93.2 Å². The van der Waals surface area contributed by atoms with Crippen LogP contribution in [0.15, 0.2) is 78.0 Å². The minimum Gasteiger partial charge on any atom is -0.481 e. The topological polar surface area (TPSA) is 215 Å². The fourth-order valence-electron chi connectivity index (χ4n) is 3.57. The zero-order chi connectivity index (χ0) is 32.7. The average molecular weight is 677 g/mol. The number of ether oxygens (including phenoxy) is 3. The number of methoxy groups -OCH3 is 2. The molecule has 0 radical (unpaired) electrons. The van der Waals surface area contributed by atoms with Gasteiger partial charge in [0.25, 0.3) is 15.7 Å². The van der Waals surface area contributed by atoms with Crippen LogP contribution in [0.5, 0.6) is 23.3 Å². The molecule has 234 valence electrons. The van der Waals surface area contributed by atoms with E-state index in [2.05, 4.69) is 20.3 Å². The summed E-state index contributed by atoms with van der Waals surface area (Å²) in [5.74, 6) is 0.872. The number of nitrogens with one attached hydrogen (secondary N) is 2. The Morgan fingerprint density at radius 1 is 0.978 bits per heavy atom. The molecule has 0 fully saturated rings. The minimum atomic E-state index is -4.34. The summed E-state index contributed by atoms with van der Waals surface area (Å²) in [6, 6.07) is 16.7. The molecule has 19 heteroatoms. The number of urea groups is 1. The number of sulfonamides is 1. The van der Waals surface area contributed by atoms with Gasteiger partial charge in [-0.05, 0) is 30.3 Å². The molecule has 3 heterocycles. The van der Waals surface area contributed by atoms with Crippen LogP contribution in [0.25, 0.3) is 5.65 Å². The molecule has 0 bridgehead atoms. The molecule has 45 heavy (non-hydrogen) atoms. The number of rotatable bonds is 8. The number of nitrogens with zero attached hydrogens (tertiary/aromatic N) is 5. The number of nitrogens with two attached hydrogens (primary N) is 1. The van der Waals surface area contributed by atoms with E-state index in [1.54, 1.807) is 42.5 Å². The molecule has 5 aromatic rings. The van der Waals surface area contributed by atoms with Gasteiger partial charge >= 0.3 is 6.03 Å². The van der Waals surface area contributed by atoms with Crippen molar-refractivity contribution >= 4 is 62.2 Å². The van der Waals surface area contributed by atoms with Crippen molar-refractivity contribution in [2.45, 2.75) is 5.03 Å². The predicted octanol–water partition coefficient (Wildman–Crippen LogP) is 4.93. The number of carbonyl (C=O) groups is 1. The number of benzene rings is 2. The van der Waals surface area contributed by atoms with Crippen LogP contribution in [0.3, 0.4) is 0 Å². The summed E-state index contributed by atoms with van der Waals surface area (Å²) in [4.78, 5) is 33.9. The van der Waals surface area contributed by atoms with Crippen molar-refractivity contribution in [3.8, 4) is 23.3 Å². The monoisotopic (exact) mass is 676 g/mol. The number of hydrogen-bond donors (Lipinski definition) is 3. The van der Waals surface area contributed by atoms with E-state index in [4.69, 9.17) is 43.1 Å². The number of nitrogen functional groups attached to an aromatic ring is 1. The molecule has 5 rings (SSSR count). The third kappa shape index (κ3) is 7.77. The molecule has 0 saturated heterocycles. The van der Waals surface area contributed by atoms with E-state index in [0.29, 0.717) is 11.4 Å². The molecule has 0 saturated carbocycles. The summed E-state index contributed by atoms with van der Waals surface area (Å²) < 4.78 is 43.6. The van der Waals surface area contributed by atoms with E-state index >= 15 is 0 Å². The second kappa shape index (κ2) is 13.9.